The smallest absolute Gasteiger partial charge is 0.317 e. The average molecular weight is 290 g/mol. The maximum Gasteiger partial charge on any atom is 0.317 e. The zero-order valence-corrected chi connectivity index (χ0v) is 12.5. The highest BCUT2D eigenvalue weighted by atomic mass is 16.4. The lowest BCUT2D eigenvalue weighted by atomic mass is 9.85. The summed E-state index contributed by atoms with van der Waals surface area (Å²) in [6.07, 6.45) is 1.64. The number of benzene rings is 1. The van der Waals surface area contributed by atoms with E-state index in [4.69, 9.17) is 5.11 Å². The van der Waals surface area contributed by atoms with Gasteiger partial charge in [0.2, 0.25) is 0 Å². The van der Waals surface area contributed by atoms with Crippen LogP contribution in [0.25, 0.3) is 0 Å². The standard InChI is InChI=1S/C16H22N2O3/c1-3-18(10-15(19)20)14-8-13(9-14)17-16(21)12-6-4-5-11(2)7-12/h4-7,13-14H,3,8-10H2,1-2H3,(H,17,21)(H,19,20). The quantitative estimate of drug-likeness (QED) is 0.836. The highest BCUT2D eigenvalue weighted by molar-refractivity contribution is 5.94. The third-order valence-electron chi connectivity index (χ3n) is 3.99. The second-order valence-electron chi connectivity index (χ2n) is 5.62. The number of carbonyl (C=O) groups excluding carboxylic acids is 1. The average Bonchev–Trinajstić information content (AvgIpc) is 2.39. The molecule has 1 fully saturated rings. The fraction of sp³-hybridized carbons (Fsp3) is 0.500. The Bertz CT molecular complexity index is 524. The van der Waals surface area contributed by atoms with Gasteiger partial charge in [0.15, 0.2) is 0 Å². The molecule has 0 radical (unpaired) electrons. The topological polar surface area (TPSA) is 69.6 Å². The zero-order valence-electron chi connectivity index (χ0n) is 12.5. The number of aliphatic carboxylic acids is 1. The molecule has 0 bridgehead atoms. The molecule has 0 unspecified atom stereocenters. The van der Waals surface area contributed by atoms with Crippen molar-refractivity contribution in [3.63, 3.8) is 0 Å². The number of hydrogen-bond donors (Lipinski definition) is 2. The van der Waals surface area contributed by atoms with Crippen molar-refractivity contribution in [1.82, 2.24) is 10.2 Å². The maximum absolute atomic E-state index is 12.1. The lowest BCUT2D eigenvalue weighted by Gasteiger charge is -2.42. The van der Waals surface area contributed by atoms with E-state index in [0.29, 0.717) is 5.56 Å². The van der Waals surface area contributed by atoms with E-state index in [1.807, 2.05) is 36.9 Å². The van der Waals surface area contributed by atoms with Crippen LogP contribution in [0.5, 0.6) is 0 Å². The van der Waals surface area contributed by atoms with Gasteiger partial charge in [-0.1, -0.05) is 24.6 Å². The Kier molecular flexibility index (Phi) is 4.96. The summed E-state index contributed by atoms with van der Waals surface area (Å²) in [4.78, 5) is 24.8. The number of carboxylic acids is 1. The van der Waals surface area contributed by atoms with Crippen LogP contribution in [0.4, 0.5) is 0 Å². The van der Waals surface area contributed by atoms with Gasteiger partial charge in [-0.2, -0.15) is 0 Å². The zero-order chi connectivity index (χ0) is 15.4. The molecule has 2 rings (SSSR count). The molecule has 1 aromatic carbocycles. The van der Waals surface area contributed by atoms with E-state index in [1.165, 1.54) is 0 Å². The van der Waals surface area contributed by atoms with Gasteiger partial charge in [0.25, 0.3) is 5.91 Å². The Morgan fingerprint density at radius 3 is 2.67 bits per heavy atom. The molecule has 1 amide bonds. The first-order valence-electron chi connectivity index (χ1n) is 7.33. The van der Waals surface area contributed by atoms with Crippen molar-refractivity contribution in [3.8, 4) is 0 Å². The third-order valence-corrected chi connectivity index (χ3v) is 3.99. The number of rotatable bonds is 6. The van der Waals surface area contributed by atoms with Gasteiger partial charge < -0.3 is 10.4 Å². The van der Waals surface area contributed by atoms with E-state index < -0.39 is 5.97 Å². The highest BCUT2D eigenvalue weighted by Gasteiger charge is 2.34. The first kappa shape index (κ1) is 15.5. The lowest BCUT2D eigenvalue weighted by Crippen LogP contribution is -2.54. The fourth-order valence-corrected chi connectivity index (χ4v) is 2.73. The first-order valence-corrected chi connectivity index (χ1v) is 7.33. The van der Waals surface area contributed by atoms with Crippen molar-refractivity contribution in [2.75, 3.05) is 13.1 Å². The van der Waals surface area contributed by atoms with Crippen molar-refractivity contribution in [2.45, 2.75) is 38.8 Å². The van der Waals surface area contributed by atoms with Crippen LogP contribution in [-0.4, -0.2) is 47.1 Å². The number of likely N-dealkylation sites (N-methyl/N-ethyl adjacent to an activating group) is 1. The Morgan fingerprint density at radius 1 is 1.38 bits per heavy atom. The van der Waals surface area contributed by atoms with E-state index in [-0.39, 0.29) is 24.5 Å². The number of nitrogens with one attached hydrogen (secondary N) is 1. The van der Waals surface area contributed by atoms with Gasteiger partial charge in [-0.05, 0) is 38.4 Å². The number of nitrogens with zero attached hydrogens (tertiary/aromatic N) is 1. The highest BCUT2D eigenvalue weighted by Crippen LogP contribution is 2.25. The van der Waals surface area contributed by atoms with Crippen LogP contribution < -0.4 is 5.32 Å². The van der Waals surface area contributed by atoms with Gasteiger partial charge in [-0.15, -0.1) is 0 Å². The van der Waals surface area contributed by atoms with Crippen LogP contribution in [0.3, 0.4) is 0 Å². The van der Waals surface area contributed by atoms with Gasteiger partial charge >= 0.3 is 5.97 Å². The van der Waals surface area contributed by atoms with Crippen LogP contribution in [0.2, 0.25) is 0 Å². The molecule has 114 valence electrons. The van der Waals surface area contributed by atoms with Crippen molar-refractivity contribution in [2.24, 2.45) is 0 Å². The largest absolute Gasteiger partial charge is 0.480 e. The lowest BCUT2D eigenvalue weighted by molar-refractivity contribution is -0.139. The molecule has 0 heterocycles. The second-order valence-corrected chi connectivity index (χ2v) is 5.62. The number of amides is 1. The van der Waals surface area contributed by atoms with Crippen molar-refractivity contribution >= 4 is 11.9 Å². The molecule has 1 saturated carbocycles. The molecular formula is C16H22N2O3. The normalized spacial score (nSPS) is 20.9. The van der Waals surface area contributed by atoms with Crippen molar-refractivity contribution < 1.29 is 14.7 Å². The van der Waals surface area contributed by atoms with E-state index >= 15 is 0 Å². The van der Waals surface area contributed by atoms with Crippen LogP contribution in [0.15, 0.2) is 24.3 Å². The Balaban J connectivity index is 1.82. The summed E-state index contributed by atoms with van der Waals surface area (Å²) in [6.45, 7) is 4.71. The minimum absolute atomic E-state index is 0.0524. The molecule has 0 saturated heterocycles. The fourth-order valence-electron chi connectivity index (χ4n) is 2.73. The number of aryl methyl sites for hydroxylation is 1. The van der Waals surface area contributed by atoms with Gasteiger partial charge in [-0.25, -0.2) is 0 Å². The molecule has 1 aliphatic carbocycles. The Hall–Kier alpha value is -1.88. The molecule has 0 atom stereocenters. The van der Waals surface area contributed by atoms with Crippen molar-refractivity contribution in [3.05, 3.63) is 35.4 Å². The van der Waals surface area contributed by atoms with E-state index in [1.54, 1.807) is 6.07 Å². The summed E-state index contributed by atoms with van der Waals surface area (Å²) in [5.74, 6) is -0.854. The van der Waals surface area contributed by atoms with Crippen LogP contribution in [-0.2, 0) is 4.79 Å². The van der Waals surface area contributed by atoms with Crippen LogP contribution >= 0.6 is 0 Å². The SMILES string of the molecule is CCN(CC(=O)O)C1CC(NC(=O)c2cccc(C)c2)C1. The summed E-state index contributed by atoms with van der Waals surface area (Å²) in [5, 5.41) is 11.9. The Labute approximate surface area is 125 Å². The molecular weight excluding hydrogens is 268 g/mol. The van der Waals surface area contributed by atoms with Gasteiger partial charge in [0.1, 0.15) is 0 Å². The summed E-state index contributed by atoms with van der Waals surface area (Å²) < 4.78 is 0. The molecule has 0 spiro atoms. The second kappa shape index (κ2) is 6.72. The van der Waals surface area contributed by atoms with E-state index in [9.17, 15) is 9.59 Å². The minimum atomic E-state index is -0.802. The number of carbonyl (C=O) groups is 2. The predicted octanol–water partition coefficient (Wildman–Crippen LogP) is 1.66. The summed E-state index contributed by atoms with van der Waals surface area (Å²) in [6, 6.07) is 7.91. The molecule has 21 heavy (non-hydrogen) atoms. The van der Waals surface area contributed by atoms with Crippen LogP contribution in [0.1, 0.15) is 35.7 Å². The van der Waals surface area contributed by atoms with Gasteiger partial charge in [0, 0.05) is 17.6 Å². The van der Waals surface area contributed by atoms with Crippen molar-refractivity contribution in [1.29, 1.82) is 0 Å². The number of hydrogen-bond acceptors (Lipinski definition) is 3. The predicted molar refractivity (Wildman–Crippen MR) is 80.3 cm³/mol. The Morgan fingerprint density at radius 2 is 2.10 bits per heavy atom. The minimum Gasteiger partial charge on any atom is -0.480 e. The van der Waals surface area contributed by atoms with Gasteiger partial charge in [-0.3, -0.25) is 14.5 Å². The molecule has 5 nitrogen and oxygen atoms in total. The van der Waals surface area contributed by atoms with Crippen LogP contribution in [0, 0.1) is 6.92 Å². The molecule has 1 aliphatic rings. The summed E-state index contributed by atoms with van der Waals surface area (Å²) in [5.41, 5.74) is 1.74. The molecule has 2 N–H and O–H groups in total. The first-order chi connectivity index (χ1) is 9.99. The monoisotopic (exact) mass is 290 g/mol. The molecule has 0 aromatic heterocycles. The molecule has 1 aromatic rings. The van der Waals surface area contributed by atoms with E-state index in [2.05, 4.69) is 5.32 Å². The third kappa shape index (κ3) is 4.04. The van der Waals surface area contributed by atoms with E-state index in [0.717, 1.165) is 24.9 Å². The summed E-state index contributed by atoms with van der Waals surface area (Å²) >= 11 is 0. The molecule has 0 aliphatic heterocycles. The van der Waals surface area contributed by atoms with Gasteiger partial charge in [0.05, 0.1) is 6.54 Å². The number of carboxylic acid groups (broad SMARTS) is 1. The maximum atomic E-state index is 12.1. The molecule has 5 heteroatoms. The summed E-state index contributed by atoms with van der Waals surface area (Å²) in [7, 11) is 0.